The van der Waals surface area contributed by atoms with Gasteiger partial charge in [-0.15, -0.1) is 0 Å². The van der Waals surface area contributed by atoms with Gasteiger partial charge >= 0.3 is 0 Å². The van der Waals surface area contributed by atoms with Gasteiger partial charge in [-0.2, -0.15) is 4.31 Å². The lowest BCUT2D eigenvalue weighted by molar-refractivity contribution is 0.387. The Morgan fingerprint density at radius 2 is 1.88 bits per heavy atom. The third-order valence-corrected chi connectivity index (χ3v) is 4.24. The second-order valence-corrected chi connectivity index (χ2v) is 6.32. The van der Waals surface area contributed by atoms with Crippen molar-refractivity contribution in [2.45, 2.75) is 6.92 Å². The summed E-state index contributed by atoms with van der Waals surface area (Å²) in [5.74, 6) is 0.929. The summed E-state index contributed by atoms with van der Waals surface area (Å²) < 4.78 is 24.3. The molecule has 2 rings (SSSR count). The molecule has 17 heavy (non-hydrogen) atoms. The first-order valence-electron chi connectivity index (χ1n) is 5.59. The minimum absolute atomic E-state index is 0.536. The van der Waals surface area contributed by atoms with Gasteiger partial charge in [0.05, 0.1) is 6.26 Å². The largest absolute Gasteiger partial charge is 0.354 e. The third-order valence-electron chi connectivity index (χ3n) is 2.93. The summed E-state index contributed by atoms with van der Waals surface area (Å²) in [4.78, 5) is 6.43. The van der Waals surface area contributed by atoms with Crippen molar-refractivity contribution in [3.8, 4) is 0 Å². The van der Waals surface area contributed by atoms with Crippen molar-refractivity contribution >= 4 is 15.8 Å². The fraction of sp³-hybridized carbons (Fsp3) is 0.545. The summed E-state index contributed by atoms with van der Waals surface area (Å²) >= 11 is 0. The van der Waals surface area contributed by atoms with Crippen molar-refractivity contribution in [2.24, 2.45) is 0 Å². The van der Waals surface area contributed by atoms with Gasteiger partial charge < -0.3 is 4.90 Å². The number of nitrogens with zero attached hydrogens (tertiary/aromatic N) is 3. The van der Waals surface area contributed by atoms with Crippen molar-refractivity contribution in [1.29, 1.82) is 0 Å². The maximum atomic E-state index is 11.4. The fourth-order valence-electron chi connectivity index (χ4n) is 1.94. The van der Waals surface area contributed by atoms with Crippen LogP contribution >= 0.6 is 0 Å². The third kappa shape index (κ3) is 2.95. The summed E-state index contributed by atoms with van der Waals surface area (Å²) in [7, 11) is -3.05. The van der Waals surface area contributed by atoms with Crippen LogP contribution in [0.3, 0.4) is 0 Å². The molecule has 1 aromatic rings. The second kappa shape index (κ2) is 4.62. The predicted molar refractivity (Wildman–Crippen MR) is 67.6 cm³/mol. The topological polar surface area (TPSA) is 53.5 Å². The molecule has 0 amide bonds. The number of piperazine rings is 1. The summed E-state index contributed by atoms with van der Waals surface area (Å²) in [5.41, 5.74) is 1.17. The molecule has 0 unspecified atom stereocenters. The zero-order chi connectivity index (χ0) is 12.5. The van der Waals surface area contributed by atoms with Gasteiger partial charge in [0.1, 0.15) is 5.82 Å². The number of aromatic nitrogens is 1. The molecule has 0 radical (unpaired) electrons. The Kier molecular flexibility index (Phi) is 3.35. The molecule has 0 atom stereocenters. The Bertz CT molecular complexity index is 493. The van der Waals surface area contributed by atoms with E-state index in [9.17, 15) is 8.42 Å². The SMILES string of the molecule is Cc1ccnc(N2CCN(S(C)(=O)=O)CC2)c1. The molecular formula is C11H17N3O2S. The average Bonchev–Trinajstić information content (AvgIpc) is 2.28. The summed E-state index contributed by atoms with van der Waals surface area (Å²) in [6.45, 7) is 4.49. The number of anilines is 1. The van der Waals surface area contributed by atoms with E-state index >= 15 is 0 Å². The van der Waals surface area contributed by atoms with Gasteiger partial charge in [0, 0.05) is 32.4 Å². The van der Waals surface area contributed by atoms with Crippen molar-refractivity contribution in [1.82, 2.24) is 9.29 Å². The number of hydrogen-bond donors (Lipinski definition) is 0. The van der Waals surface area contributed by atoms with Gasteiger partial charge in [-0.05, 0) is 24.6 Å². The molecule has 1 aliphatic rings. The molecule has 0 saturated carbocycles. The van der Waals surface area contributed by atoms with Gasteiger partial charge in [0.2, 0.25) is 10.0 Å². The molecule has 2 heterocycles. The van der Waals surface area contributed by atoms with Gasteiger partial charge in [0.15, 0.2) is 0 Å². The normalized spacial score (nSPS) is 18.4. The first-order valence-corrected chi connectivity index (χ1v) is 7.44. The smallest absolute Gasteiger partial charge is 0.211 e. The number of rotatable bonds is 2. The maximum absolute atomic E-state index is 11.4. The van der Waals surface area contributed by atoms with E-state index in [1.165, 1.54) is 16.1 Å². The minimum Gasteiger partial charge on any atom is -0.354 e. The van der Waals surface area contributed by atoms with Gasteiger partial charge in [-0.1, -0.05) is 0 Å². The lowest BCUT2D eigenvalue weighted by Crippen LogP contribution is -2.48. The summed E-state index contributed by atoms with van der Waals surface area (Å²) in [5, 5.41) is 0. The first kappa shape index (κ1) is 12.3. The van der Waals surface area contributed by atoms with E-state index in [1.807, 2.05) is 19.1 Å². The van der Waals surface area contributed by atoms with E-state index in [0.29, 0.717) is 26.2 Å². The quantitative estimate of drug-likeness (QED) is 0.771. The zero-order valence-electron chi connectivity index (χ0n) is 10.1. The Morgan fingerprint density at radius 1 is 1.24 bits per heavy atom. The van der Waals surface area contributed by atoms with Crippen LogP contribution in [-0.2, 0) is 10.0 Å². The second-order valence-electron chi connectivity index (χ2n) is 4.34. The lowest BCUT2D eigenvalue weighted by atomic mass is 10.2. The Morgan fingerprint density at radius 3 is 2.41 bits per heavy atom. The Hall–Kier alpha value is -1.14. The molecular weight excluding hydrogens is 238 g/mol. The van der Waals surface area contributed by atoms with Gasteiger partial charge in [-0.25, -0.2) is 13.4 Å². The van der Waals surface area contributed by atoms with Crippen LogP contribution in [-0.4, -0.2) is 50.1 Å². The molecule has 1 aromatic heterocycles. The molecule has 0 aromatic carbocycles. The number of pyridine rings is 1. The zero-order valence-corrected chi connectivity index (χ0v) is 10.9. The first-order chi connectivity index (χ1) is 7.97. The van der Waals surface area contributed by atoms with E-state index in [-0.39, 0.29) is 0 Å². The molecule has 0 spiro atoms. The standard InChI is InChI=1S/C11H17N3O2S/c1-10-3-4-12-11(9-10)13-5-7-14(8-6-13)17(2,15)16/h3-4,9H,5-8H2,1-2H3. The highest BCUT2D eigenvalue weighted by Crippen LogP contribution is 2.15. The van der Waals surface area contributed by atoms with Crippen LogP contribution in [0.5, 0.6) is 0 Å². The van der Waals surface area contributed by atoms with Crippen LogP contribution in [0.15, 0.2) is 18.3 Å². The van der Waals surface area contributed by atoms with Crippen molar-refractivity contribution < 1.29 is 8.42 Å². The molecule has 1 saturated heterocycles. The van der Waals surface area contributed by atoms with E-state index in [2.05, 4.69) is 9.88 Å². The predicted octanol–water partition coefficient (Wildman–Crippen LogP) is 0.472. The lowest BCUT2D eigenvalue weighted by Gasteiger charge is -2.34. The highest BCUT2D eigenvalue weighted by atomic mass is 32.2. The summed E-state index contributed by atoms with van der Waals surface area (Å²) in [6.07, 6.45) is 3.04. The van der Waals surface area contributed by atoms with Crippen LogP contribution in [0.2, 0.25) is 0 Å². The van der Waals surface area contributed by atoms with Crippen LogP contribution in [0.1, 0.15) is 5.56 Å². The fourth-order valence-corrected chi connectivity index (χ4v) is 2.77. The maximum Gasteiger partial charge on any atom is 0.211 e. The van der Waals surface area contributed by atoms with E-state index in [4.69, 9.17) is 0 Å². The number of sulfonamides is 1. The van der Waals surface area contributed by atoms with Crippen LogP contribution in [0, 0.1) is 6.92 Å². The van der Waals surface area contributed by atoms with Crippen LogP contribution in [0.25, 0.3) is 0 Å². The van der Waals surface area contributed by atoms with Crippen molar-refractivity contribution in [3.63, 3.8) is 0 Å². The molecule has 6 heteroatoms. The number of aryl methyl sites for hydroxylation is 1. The highest BCUT2D eigenvalue weighted by molar-refractivity contribution is 7.88. The van der Waals surface area contributed by atoms with Crippen molar-refractivity contribution in [3.05, 3.63) is 23.9 Å². The minimum atomic E-state index is -3.05. The summed E-state index contributed by atoms with van der Waals surface area (Å²) in [6, 6.07) is 3.98. The van der Waals surface area contributed by atoms with Crippen LogP contribution in [0.4, 0.5) is 5.82 Å². The average molecular weight is 255 g/mol. The number of hydrogen-bond acceptors (Lipinski definition) is 4. The van der Waals surface area contributed by atoms with Crippen molar-refractivity contribution in [2.75, 3.05) is 37.3 Å². The Balaban J connectivity index is 2.05. The Labute approximate surface area is 102 Å². The van der Waals surface area contributed by atoms with E-state index in [0.717, 1.165) is 5.82 Å². The van der Waals surface area contributed by atoms with E-state index < -0.39 is 10.0 Å². The van der Waals surface area contributed by atoms with Gasteiger partial charge in [0.25, 0.3) is 0 Å². The molecule has 94 valence electrons. The molecule has 1 fully saturated rings. The molecule has 1 aliphatic heterocycles. The van der Waals surface area contributed by atoms with E-state index in [1.54, 1.807) is 6.20 Å². The van der Waals surface area contributed by atoms with Gasteiger partial charge in [-0.3, -0.25) is 0 Å². The molecule has 5 nitrogen and oxygen atoms in total. The highest BCUT2D eigenvalue weighted by Gasteiger charge is 2.23. The molecule has 0 N–H and O–H groups in total. The molecule has 0 aliphatic carbocycles. The molecule has 0 bridgehead atoms. The monoisotopic (exact) mass is 255 g/mol. The van der Waals surface area contributed by atoms with Crippen LogP contribution < -0.4 is 4.90 Å².